The van der Waals surface area contributed by atoms with Crippen molar-refractivity contribution < 1.29 is 4.79 Å². The lowest BCUT2D eigenvalue weighted by molar-refractivity contribution is -0.111. The number of hydrogen-bond donors (Lipinski definition) is 1. The number of carbonyl (C=O) groups excluding carboxylic acids is 1. The number of nitrogens with zero attached hydrogens (tertiary/aromatic N) is 4. The van der Waals surface area contributed by atoms with E-state index in [0.717, 1.165) is 24.8 Å². The number of benzene rings is 2. The number of aromatic nitrogens is 2. The minimum absolute atomic E-state index is 0.0421. The second-order valence-corrected chi connectivity index (χ2v) is 7.92. The Labute approximate surface area is 177 Å². The molecule has 3 aromatic rings. The molecule has 8 heteroatoms. The van der Waals surface area contributed by atoms with Crippen molar-refractivity contribution in [3.05, 3.63) is 76.3 Å². The summed E-state index contributed by atoms with van der Waals surface area (Å²) in [5.41, 5.74) is 3.33. The Hall–Kier alpha value is -2.90. The van der Waals surface area contributed by atoms with E-state index in [1.165, 1.54) is 28.5 Å². The van der Waals surface area contributed by atoms with E-state index in [1.54, 1.807) is 12.1 Å². The molecule has 0 fully saturated rings. The maximum atomic E-state index is 12.1. The summed E-state index contributed by atoms with van der Waals surface area (Å²) in [6.07, 6.45) is 6.20. The number of aryl methyl sites for hydroxylation is 1. The van der Waals surface area contributed by atoms with Gasteiger partial charge in [0.05, 0.1) is 6.04 Å². The first-order chi connectivity index (χ1) is 14.2. The number of carbonyl (C=O) groups is 1. The zero-order valence-electron chi connectivity index (χ0n) is 15.5. The molecule has 1 aliphatic carbocycles. The average Bonchev–Trinajstić information content (AvgIpc) is 3.19. The van der Waals surface area contributed by atoms with Crippen LogP contribution in [0.4, 0.5) is 10.3 Å². The van der Waals surface area contributed by atoms with Gasteiger partial charge in [-0.15, -0.1) is 15.3 Å². The lowest BCUT2D eigenvalue weighted by Crippen LogP contribution is -2.07. The summed E-state index contributed by atoms with van der Waals surface area (Å²) >= 11 is 7.26. The normalized spacial score (nSPS) is 16.2. The van der Waals surface area contributed by atoms with Crippen molar-refractivity contribution in [3.8, 4) is 0 Å². The average molecular weight is 424 g/mol. The van der Waals surface area contributed by atoms with E-state index < -0.39 is 0 Å². The van der Waals surface area contributed by atoms with Gasteiger partial charge in [-0.25, -0.2) is 0 Å². The van der Waals surface area contributed by atoms with E-state index in [1.807, 2.05) is 24.3 Å². The molecule has 1 heterocycles. The van der Waals surface area contributed by atoms with E-state index in [2.05, 4.69) is 43.9 Å². The van der Waals surface area contributed by atoms with Crippen molar-refractivity contribution in [1.82, 2.24) is 10.2 Å². The number of azo groups is 1. The molecule has 0 bridgehead atoms. The second kappa shape index (κ2) is 9.07. The van der Waals surface area contributed by atoms with Crippen molar-refractivity contribution in [2.75, 3.05) is 5.32 Å². The fraction of sp³-hybridized carbons (Fsp3) is 0.190. The third-order valence-corrected chi connectivity index (χ3v) is 5.65. The minimum atomic E-state index is -0.314. The van der Waals surface area contributed by atoms with Crippen LogP contribution < -0.4 is 5.32 Å². The third-order valence-electron chi connectivity index (χ3n) is 4.58. The van der Waals surface area contributed by atoms with Gasteiger partial charge in [-0.1, -0.05) is 65.4 Å². The number of halogens is 1. The molecule has 0 saturated heterocycles. The first-order valence-corrected chi connectivity index (χ1v) is 10.4. The molecule has 2 aromatic carbocycles. The van der Waals surface area contributed by atoms with Gasteiger partial charge in [0.15, 0.2) is 0 Å². The molecular formula is C21H18ClN5OS. The van der Waals surface area contributed by atoms with Gasteiger partial charge in [0.2, 0.25) is 11.0 Å². The van der Waals surface area contributed by atoms with Gasteiger partial charge >= 0.3 is 0 Å². The molecule has 1 aliphatic rings. The Morgan fingerprint density at radius 2 is 2.00 bits per heavy atom. The quantitative estimate of drug-likeness (QED) is 0.403. The van der Waals surface area contributed by atoms with E-state index in [9.17, 15) is 4.79 Å². The maximum Gasteiger partial charge on any atom is 0.253 e. The number of fused-ring (bicyclic) bond motifs is 1. The van der Waals surface area contributed by atoms with Crippen LogP contribution >= 0.6 is 22.9 Å². The van der Waals surface area contributed by atoms with Crippen LogP contribution in [0.3, 0.4) is 0 Å². The Kier molecular flexibility index (Phi) is 6.07. The summed E-state index contributed by atoms with van der Waals surface area (Å²) in [5.74, 6) is -0.314. The van der Waals surface area contributed by atoms with Crippen molar-refractivity contribution >= 4 is 45.2 Å². The number of rotatable bonds is 5. The first kappa shape index (κ1) is 19.4. The highest BCUT2D eigenvalue weighted by Gasteiger charge is 2.19. The van der Waals surface area contributed by atoms with Crippen molar-refractivity contribution in [1.29, 1.82) is 0 Å². The number of nitrogens with one attached hydrogen (secondary N) is 1. The SMILES string of the molecule is O=C(/C=C/c1ccccc1Cl)Nc1nnc(N=NC2CCCc3ccccc32)s1. The fourth-order valence-electron chi connectivity index (χ4n) is 3.20. The topological polar surface area (TPSA) is 79.6 Å². The summed E-state index contributed by atoms with van der Waals surface area (Å²) in [6.45, 7) is 0. The molecule has 0 spiro atoms. The molecule has 6 nitrogen and oxygen atoms in total. The van der Waals surface area contributed by atoms with Gasteiger partial charge in [0, 0.05) is 11.1 Å². The highest BCUT2D eigenvalue weighted by atomic mass is 35.5. The van der Waals surface area contributed by atoms with Crippen molar-refractivity contribution in [2.45, 2.75) is 25.3 Å². The van der Waals surface area contributed by atoms with Crippen LogP contribution in [0.25, 0.3) is 6.08 Å². The molecule has 1 amide bonds. The minimum Gasteiger partial charge on any atom is -0.297 e. The number of anilines is 1. The Morgan fingerprint density at radius 3 is 2.90 bits per heavy atom. The van der Waals surface area contributed by atoms with Gasteiger partial charge in [-0.2, -0.15) is 5.11 Å². The zero-order chi connectivity index (χ0) is 20.1. The molecule has 1 unspecified atom stereocenters. The van der Waals surface area contributed by atoms with E-state index >= 15 is 0 Å². The number of amides is 1. The van der Waals surface area contributed by atoms with Gasteiger partial charge in [0.25, 0.3) is 5.13 Å². The molecule has 1 aromatic heterocycles. The van der Waals surface area contributed by atoms with Crippen LogP contribution in [-0.2, 0) is 11.2 Å². The second-order valence-electron chi connectivity index (χ2n) is 6.56. The summed E-state index contributed by atoms with van der Waals surface area (Å²) in [6, 6.07) is 15.7. The number of hydrogen-bond acceptors (Lipinski definition) is 6. The molecule has 0 saturated carbocycles. The molecule has 146 valence electrons. The standard InChI is InChI=1S/C21H18ClN5OS/c22-17-10-4-2-7-15(17)12-13-19(28)23-20-25-27-21(29-20)26-24-18-11-5-8-14-6-1-3-9-16(14)18/h1-4,6-7,9-10,12-13,18H,5,8,11H2,(H,23,25,28)/b13-12+,26-24?. The van der Waals surface area contributed by atoms with E-state index in [0.29, 0.717) is 15.3 Å². The smallest absolute Gasteiger partial charge is 0.253 e. The highest BCUT2D eigenvalue weighted by molar-refractivity contribution is 7.18. The van der Waals surface area contributed by atoms with E-state index in [4.69, 9.17) is 11.6 Å². The van der Waals surface area contributed by atoms with Crippen LogP contribution in [0.15, 0.2) is 64.8 Å². The fourth-order valence-corrected chi connectivity index (χ4v) is 3.97. The third kappa shape index (κ3) is 4.93. The van der Waals surface area contributed by atoms with Crippen LogP contribution in [0.2, 0.25) is 5.02 Å². The van der Waals surface area contributed by atoms with Gasteiger partial charge in [-0.3, -0.25) is 10.1 Å². The largest absolute Gasteiger partial charge is 0.297 e. The predicted octanol–water partition coefficient (Wildman–Crippen LogP) is 6.00. The summed E-state index contributed by atoms with van der Waals surface area (Å²) in [7, 11) is 0. The Bertz CT molecular complexity index is 1080. The Morgan fingerprint density at radius 1 is 1.17 bits per heavy atom. The van der Waals surface area contributed by atoms with Gasteiger partial charge in [-0.05, 0) is 48.1 Å². The van der Waals surface area contributed by atoms with Crippen molar-refractivity contribution in [2.24, 2.45) is 10.2 Å². The maximum absolute atomic E-state index is 12.1. The molecule has 29 heavy (non-hydrogen) atoms. The molecule has 0 aliphatic heterocycles. The summed E-state index contributed by atoms with van der Waals surface area (Å²) in [4.78, 5) is 12.1. The lowest BCUT2D eigenvalue weighted by Gasteiger charge is -2.20. The molecule has 4 rings (SSSR count). The van der Waals surface area contributed by atoms with Crippen LogP contribution in [0, 0.1) is 0 Å². The van der Waals surface area contributed by atoms with Gasteiger partial charge in [0.1, 0.15) is 0 Å². The molecular weight excluding hydrogens is 406 g/mol. The van der Waals surface area contributed by atoms with Crippen LogP contribution in [-0.4, -0.2) is 16.1 Å². The molecule has 0 radical (unpaired) electrons. The molecule has 1 atom stereocenters. The molecule has 1 N–H and O–H groups in total. The monoisotopic (exact) mass is 423 g/mol. The van der Waals surface area contributed by atoms with Gasteiger partial charge < -0.3 is 0 Å². The Balaban J connectivity index is 1.38. The van der Waals surface area contributed by atoms with Crippen molar-refractivity contribution in [3.63, 3.8) is 0 Å². The lowest BCUT2D eigenvalue weighted by atomic mass is 9.88. The first-order valence-electron chi connectivity index (χ1n) is 9.25. The predicted molar refractivity (Wildman–Crippen MR) is 116 cm³/mol. The summed E-state index contributed by atoms with van der Waals surface area (Å²) in [5, 5.41) is 20.7. The van der Waals surface area contributed by atoms with Crippen LogP contribution in [0.1, 0.15) is 35.6 Å². The zero-order valence-corrected chi connectivity index (χ0v) is 17.0. The summed E-state index contributed by atoms with van der Waals surface area (Å²) < 4.78 is 0. The van der Waals surface area contributed by atoms with E-state index in [-0.39, 0.29) is 11.9 Å². The highest BCUT2D eigenvalue weighted by Crippen LogP contribution is 2.34. The van der Waals surface area contributed by atoms with Crippen LogP contribution in [0.5, 0.6) is 0 Å².